The lowest BCUT2D eigenvalue weighted by Crippen LogP contribution is -2.47. The van der Waals surface area contributed by atoms with E-state index in [0.29, 0.717) is 0 Å². The molecule has 3 nitrogen and oxygen atoms in total. The van der Waals surface area contributed by atoms with Gasteiger partial charge in [0.25, 0.3) is 0 Å². The van der Waals surface area contributed by atoms with Crippen LogP contribution in [0.5, 0.6) is 0 Å². The van der Waals surface area contributed by atoms with Crippen LogP contribution in [0.4, 0.5) is 4.39 Å². The molecule has 18 heavy (non-hydrogen) atoms. The minimum Gasteiger partial charge on any atom is -0.207 e. The highest BCUT2D eigenvalue weighted by molar-refractivity contribution is 7.89. The quantitative estimate of drug-likeness (QED) is 0.829. The molecule has 1 heterocycles. The lowest BCUT2D eigenvalue weighted by atomic mass is 10.0. The van der Waals surface area contributed by atoms with Crippen molar-refractivity contribution in [2.24, 2.45) is 0 Å². The zero-order valence-corrected chi connectivity index (χ0v) is 11.5. The zero-order valence-electron chi connectivity index (χ0n) is 10.6. The first-order valence-electron chi connectivity index (χ1n) is 6.22. The van der Waals surface area contributed by atoms with Crippen LogP contribution >= 0.6 is 0 Å². The van der Waals surface area contributed by atoms with Gasteiger partial charge in [0, 0.05) is 12.1 Å². The van der Waals surface area contributed by atoms with E-state index in [9.17, 15) is 12.8 Å². The van der Waals surface area contributed by atoms with Crippen molar-refractivity contribution in [2.75, 3.05) is 0 Å². The van der Waals surface area contributed by atoms with Crippen LogP contribution in [-0.2, 0) is 10.0 Å². The second kappa shape index (κ2) is 4.97. The molecule has 1 aromatic rings. The number of piperidine rings is 1. The Hall–Kier alpha value is -0.940. The molecule has 1 aliphatic heterocycles. The summed E-state index contributed by atoms with van der Waals surface area (Å²) in [6.45, 7) is 3.85. The van der Waals surface area contributed by atoms with Crippen molar-refractivity contribution < 1.29 is 12.8 Å². The van der Waals surface area contributed by atoms with Crippen molar-refractivity contribution in [3.8, 4) is 0 Å². The van der Waals surface area contributed by atoms with E-state index in [2.05, 4.69) is 0 Å². The predicted octanol–water partition coefficient (Wildman–Crippen LogP) is 2.78. The van der Waals surface area contributed by atoms with Crippen LogP contribution in [0.3, 0.4) is 0 Å². The first-order valence-corrected chi connectivity index (χ1v) is 7.66. The summed E-state index contributed by atoms with van der Waals surface area (Å²) in [4.78, 5) is 0.171. The SMILES string of the molecule is C[C@H]1CCC[C@H](C)N1S(=O)(=O)c1ccc(F)cc1. The van der Waals surface area contributed by atoms with Gasteiger partial charge in [0.1, 0.15) is 5.82 Å². The maximum Gasteiger partial charge on any atom is 0.243 e. The van der Waals surface area contributed by atoms with Gasteiger partial charge >= 0.3 is 0 Å². The van der Waals surface area contributed by atoms with E-state index < -0.39 is 15.8 Å². The third-order valence-corrected chi connectivity index (χ3v) is 5.64. The average Bonchev–Trinajstić information content (AvgIpc) is 2.29. The Morgan fingerprint density at radius 2 is 1.61 bits per heavy atom. The van der Waals surface area contributed by atoms with Gasteiger partial charge in [-0.2, -0.15) is 4.31 Å². The van der Waals surface area contributed by atoms with Crippen molar-refractivity contribution in [1.29, 1.82) is 0 Å². The maximum atomic E-state index is 12.9. The number of hydrogen-bond donors (Lipinski definition) is 0. The van der Waals surface area contributed by atoms with Gasteiger partial charge in [-0.25, -0.2) is 12.8 Å². The third kappa shape index (κ3) is 2.42. The van der Waals surface area contributed by atoms with Crippen LogP contribution in [-0.4, -0.2) is 24.8 Å². The Balaban J connectivity index is 2.38. The maximum absolute atomic E-state index is 12.9. The predicted molar refractivity (Wildman–Crippen MR) is 68.2 cm³/mol. The van der Waals surface area contributed by atoms with Crippen LogP contribution in [0.2, 0.25) is 0 Å². The number of benzene rings is 1. The fraction of sp³-hybridized carbons (Fsp3) is 0.538. The Labute approximate surface area is 108 Å². The minimum atomic E-state index is -3.51. The van der Waals surface area contributed by atoms with Crippen molar-refractivity contribution in [3.63, 3.8) is 0 Å². The molecule has 0 saturated carbocycles. The van der Waals surface area contributed by atoms with Crippen molar-refractivity contribution in [1.82, 2.24) is 4.31 Å². The summed E-state index contributed by atoms with van der Waals surface area (Å²) in [6.07, 6.45) is 2.81. The Morgan fingerprint density at radius 3 is 2.11 bits per heavy atom. The van der Waals surface area contributed by atoms with E-state index in [1.54, 1.807) is 4.31 Å². The summed E-state index contributed by atoms with van der Waals surface area (Å²) in [5.41, 5.74) is 0. The van der Waals surface area contributed by atoms with E-state index >= 15 is 0 Å². The molecule has 0 amide bonds. The van der Waals surface area contributed by atoms with Crippen LogP contribution in [0.25, 0.3) is 0 Å². The minimum absolute atomic E-state index is 0.00352. The molecular weight excluding hydrogens is 253 g/mol. The number of nitrogens with zero attached hydrogens (tertiary/aromatic N) is 1. The monoisotopic (exact) mass is 271 g/mol. The van der Waals surface area contributed by atoms with Crippen molar-refractivity contribution in [3.05, 3.63) is 30.1 Å². The normalized spacial score (nSPS) is 26.2. The molecular formula is C13H18FNO2S. The summed E-state index contributed by atoms with van der Waals surface area (Å²) in [7, 11) is -3.51. The molecule has 2 rings (SSSR count). The first kappa shape index (κ1) is 13.5. The zero-order chi connectivity index (χ0) is 13.3. The fourth-order valence-corrected chi connectivity index (χ4v) is 4.48. The molecule has 1 aromatic carbocycles. The van der Waals surface area contributed by atoms with E-state index in [-0.39, 0.29) is 17.0 Å². The highest BCUT2D eigenvalue weighted by Crippen LogP contribution is 2.29. The van der Waals surface area contributed by atoms with Crippen molar-refractivity contribution in [2.45, 2.75) is 50.1 Å². The lowest BCUT2D eigenvalue weighted by Gasteiger charge is -2.37. The average molecular weight is 271 g/mol. The molecule has 0 unspecified atom stereocenters. The van der Waals surface area contributed by atoms with Crippen LogP contribution in [0, 0.1) is 5.82 Å². The molecule has 0 spiro atoms. The molecule has 1 saturated heterocycles. The van der Waals surface area contributed by atoms with Gasteiger partial charge in [-0.1, -0.05) is 6.42 Å². The summed E-state index contributed by atoms with van der Waals surface area (Å²) in [5, 5.41) is 0. The van der Waals surface area contributed by atoms with Gasteiger partial charge in [0.05, 0.1) is 4.90 Å². The number of sulfonamides is 1. The molecule has 0 bridgehead atoms. The fourth-order valence-electron chi connectivity index (χ4n) is 2.60. The second-order valence-corrected chi connectivity index (χ2v) is 6.76. The molecule has 5 heteroatoms. The van der Waals surface area contributed by atoms with Gasteiger partial charge in [0.2, 0.25) is 10.0 Å². The van der Waals surface area contributed by atoms with E-state index in [1.165, 1.54) is 24.3 Å². The van der Waals surface area contributed by atoms with Gasteiger partial charge in [-0.3, -0.25) is 0 Å². The molecule has 0 radical (unpaired) electrons. The highest BCUT2D eigenvalue weighted by Gasteiger charge is 2.35. The number of hydrogen-bond acceptors (Lipinski definition) is 2. The third-order valence-electron chi connectivity index (χ3n) is 3.50. The molecule has 1 fully saturated rings. The Kier molecular flexibility index (Phi) is 3.73. The largest absolute Gasteiger partial charge is 0.243 e. The summed E-state index contributed by atoms with van der Waals surface area (Å²) in [5.74, 6) is -0.423. The molecule has 100 valence electrons. The van der Waals surface area contributed by atoms with Crippen molar-refractivity contribution >= 4 is 10.0 Å². The number of halogens is 1. The van der Waals surface area contributed by atoms with Crippen LogP contribution in [0.15, 0.2) is 29.2 Å². The van der Waals surface area contributed by atoms with Crippen LogP contribution in [0.1, 0.15) is 33.1 Å². The lowest BCUT2D eigenvalue weighted by molar-refractivity contribution is 0.204. The van der Waals surface area contributed by atoms with E-state index in [1.807, 2.05) is 13.8 Å². The molecule has 0 aromatic heterocycles. The Morgan fingerprint density at radius 1 is 1.11 bits per heavy atom. The highest BCUT2D eigenvalue weighted by atomic mass is 32.2. The molecule has 2 atom stereocenters. The molecule has 0 N–H and O–H groups in total. The summed E-state index contributed by atoms with van der Waals surface area (Å²) >= 11 is 0. The standard InChI is InChI=1S/C13H18FNO2S/c1-10-4-3-5-11(2)15(10)18(16,17)13-8-6-12(14)7-9-13/h6-11H,3-5H2,1-2H3/t10-,11-/m0/s1. The number of rotatable bonds is 2. The van der Waals surface area contributed by atoms with Crippen LogP contribution < -0.4 is 0 Å². The van der Waals surface area contributed by atoms with Gasteiger partial charge < -0.3 is 0 Å². The topological polar surface area (TPSA) is 37.4 Å². The Bertz CT molecular complexity index is 502. The second-order valence-electron chi connectivity index (χ2n) is 4.92. The smallest absolute Gasteiger partial charge is 0.207 e. The van der Waals surface area contributed by atoms with Gasteiger partial charge in [-0.05, 0) is 51.0 Å². The summed E-state index contributed by atoms with van der Waals surface area (Å²) in [6, 6.07) is 5.04. The molecule has 1 aliphatic rings. The van der Waals surface area contributed by atoms with Gasteiger partial charge in [-0.15, -0.1) is 0 Å². The molecule has 0 aliphatic carbocycles. The first-order chi connectivity index (χ1) is 8.43. The van der Waals surface area contributed by atoms with E-state index in [0.717, 1.165) is 19.3 Å². The summed E-state index contributed by atoms with van der Waals surface area (Å²) < 4.78 is 39.5. The van der Waals surface area contributed by atoms with E-state index in [4.69, 9.17) is 0 Å². The van der Waals surface area contributed by atoms with Gasteiger partial charge in [0.15, 0.2) is 0 Å².